The molecule has 2 saturated heterocycles. The minimum Gasteiger partial charge on any atom is -0.487 e. The van der Waals surface area contributed by atoms with Crippen LogP contribution in [0.15, 0.2) is 47.0 Å². The van der Waals surface area contributed by atoms with Gasteiger partial charge in [-0.1, -0.05) is 37.2 Å². The number of rotatable bonds is 4. The molecular formula is C28H33N5O4. The Morgan fingerprint density at radius 3 is 2.43 bits per heavy atom. The summed E-state index contributed by atoms with van der Waals surface area (Å²) in [7, 11) is 0. The maximum atomic E-state index is 12.5. The van der Waals surface area contributed by atoms with E-state index >= 15 is 0 Å². The van der Waals surface area contributed by atoms with Crippen LogP contribution in [0.2, 0.25) is 0 Å². The lowest BCUT2D eigenvalue weighted by atomic mass is 9.86. The van der Waals surface area contributed by atoms with E-state index in [4.69, 9.17) is 14.0 Å². The molecule has 0 saturated carbocycles. The van der Waals surface area contributed by atoms with Crippen LogP contribution in [0.1, 0.15) is 44.0 Å². The number of benzene rings is 2. The van der Waals surface area contributed by atoms with Gasteiger partial charge < -0.3 is 29.1 Å². The number of carbonyl (C=O) groups excluding carboxylic acids is 1. The van der Waals surface area contributed by atoms with Crippen LogP contribution in [0.5, 0.6) is 5.75 Å². The van der Waals surface area contributed by atoms with E-state index in [0.717, 1.165) is 60.7 Å². The number of carbonyl (C=O) groups is 1. The molecule has 2 fully saturated rings. The maximum absolute atomic E-state index is 12.5. The molecule has 9 nitrogen and oxygen atoms in total. The highest BCUT2D eigenvalue weighted by Gasteiger charge is 2.43. The van der Waals surface area contributed by atoms with Crippen LogP contribution >= 0.6 is 0 Å². The van der Waals surface area contributed by atoms with Gasteiger partial charge in [-0.25, -0.2) is 4.79 Å². The minimum atomic E-state index is -0.175. The van der Waals surface area contributed by atoms with E-state index in [1.54, 1.807) is 4.90 Å². The maximum Gasteiger partial charge on any atom is 0.324 e. The molecule has 3 aliphatic heterocycles. The van der Waals surface area contributed by atoms with Gasteiger partial charge in [-0.2, -0.15) is 4.98 Å². The first-order chi connectivity index (χ1) is 18.0. The first-order valence-electron chi connectivity index (χ1n) is 13.1. The fraction of sp³-hybridized carbons (Fsp3) is 0.464. The summed E-state index contributed by atoms with van der Waals surface area (Å²) in [6.45, 7) is 8.22. The number of nitrogens with one attached hydrogen (secondary N) is 1. The summed E-state index contributed by atoms with van der Waals surface area (Å²) in [5.41, 5.74) is 4.12. The van der Waals surface area contributed by atoms with Crippen molar-refractivity contribution in [3.63, 3.8) is 0 Å². The Morgan fingerprint density at radius 1 is 1.00 bits per heavy atom. The number of nitrogens with zero attached hydrogens (tertiary/aromatic N) is 4. The van der Waals surface area contributed by atoms with Gasteiger partial charge in [0.25, 0.3) is 0 Å². The quantitative estimate of drug-likeness (QED) is 0.552. The molecule has 37 heavy (non-hydrogen) atoms. The van der Waals surface area contributed by atoms with E-state index in [2.05, 4.69) is 64.5 Å². The minimum absolute atomic E-state index is 0.0819. The lowest BCUT2D eigenvalue weighted by molar-refractivity contribution is 0.0564. The summed E-state index contributed by atoms with van der Waals surface area (Å²) >= 11 is 0. The monoisotopic (exact) mass is 503 g/mol. The van der Waals surface area contributed by atoms with Crippen LogP contribution in [0.4, 0.5) is 16.5 Å². The van der Waals surface area contributed by atoms with E-state index < -0.39 is 0 Å². The smallest absolute Gasteiger partial charge is 0.324 e. The lowest BCUT2D eigenvalue weighted by Crippen LogP contribution is -2.47. The zero-order chi connectivity index (χ0) is 25.4. The van der Waals surface area contributed by atoms with Gasteiger partial charge in [0.1, 0.15) is 11.4 Å². The fourth-order valence-corrected chi connectivity index (χ4v) is 5.30. The van der Waals surface area contributed by atoms with Crippen molar-refractivity contribution in [2.75, 3.05) is 49.6 Å². The van der Waals surface area contributed by atoms with Crippen LogP contribution in [0, 0.1) is 0 Å². The summed E-state index contributed by atoms with van der Waals surface area (Å²) in [4.78, 5) is 21.0. The number of hydrogen-bond donors (Lipinski definition) is 1. The Balaban J connectivity index is 1.09. The highest BCUT2D eigenvalue weighted by Crippen LogP contribution is 2.43. The molecule has 2 aromatic carbocycles. The van der Waals surface area contributed by atoms with Gasteiger partial charge in [0.05, 0.1) is 13.2 Å². The second-order valence-electron chi connectivity index (χ2n) is 10.5. The van der Waals surface area contributed by atoms with E-state index in [-0.39, 0.29) is 17.6 Å². The van der Waals surface area contributed by atoms with E-state index in [1.807, 2.05) is 12.1 Å². The van der Waals surface area contributed by atoms with Crippen LogP contribution < -0.4 is 15.0 Å². The van der Waals surface area contributed by atoms with Crippen molar-refractivity contribution < 1.29 is 18.8 Å². The summed E-state index contributed by atoms with van der Waals surface area (Å²) in [5, 5.41) is 7.09. The summed E-state index contributed by atoms with van der Waals surface area (Å²) in [6.07, 6.45) is 2.72. The number of urea groups is 1. The number of morpholine rings is 1. The fourth-order valence-electron chi connectivity index (χ4n) is 5.30. The van der Waals surface area contributed by atoms with Crippen LogP contribution in [0.3, 0.4) is 0 Å². The van der Waals surface area contributed by atoms with Crippen molar-refractivity contribution >= 4 is 17.7 Å². The van der Waals surface area contributed by atoms with Gasteiger partial charge in [0.15, 0.2) is 5.82 Å². The third kappa shape index (κ3) is 4.87. The van der Waals surface area contributed by atoms with E-state index in [9.17, 15) is 4.79 Å². The molecule has 1 spiro atoms. The Labute approximate surface area is 216 Å². The molecule has 6 rings (SSSR count). The predicted molar refractivity (Wildman–Crippen MR) is 140 cm³/mol. The molecule has 9 heteroatoms. The van der Waals surface area contributed by atoms with Crippen molar-refractivity contribution in [3.05, 3.63) is 53.9 Å². The van der Waals surface area contributed by atoms with Crippen molar-refractivity contribution in [3.8, 4) is 16.9 Å². The number of aromatic nitrogens is 2. The van der Waals surface area contributed by atoms with E-state index in [1.165, 1.54) is 5.56 Å². The molecule has 0 bridgehead atoms. The molecule has 0 aliphatic carbocycles. The second kappa shape index (κ2) is 9.70. The molecule has 3 aromatic rings. The van der Waals surface area contributed by atoms with Crippen LogP contribution in [-0.2, 0) is 11.2 Å². The zero-order valence-electron chi connectivity index (χ0n) is 21.4. The second-order valence-corrected chi connectivity index (χ2v) is 10.5. The number of ether oxygens (including phenoxy) is 2. The predicted octanol–water partition coefficient (Wildman–Crippen LogP) is 4.70. The Kier molecular flexibility index (Phi) is 6.24. The first-order valence-corrected chi connectivity index (χ1v) is 13.1. The molecule has 1 N–H and O–H groups in total. The van der Waals surface area contributed by atoms with E-state index in [0.29, 0.717) is 32.3 Å². The Hall–Kier alpha value is -3.59. The van der Waals surface area contributed by atoms with Crippen LogP contribution in [-0.4, -0.2) is 66.1 Å². The number of fused-ring (bicyclic) bond motifs is 1. The molecule has 0 atom stereocenters. The largest absolute Gasteiger partial charge is 0.487 e. The molecule has 0 unspecified atom stereocenters. The van der Waals surface area contributed by atoms with Crippen LogP contribution in [0.25, 0.3) is 11.1 Å². The summed E-state index contributed by atoms with van der Waals surface area (Å²) in [6, 6.07) is 15.0. The lowest BCUT2D eigenvalue weighted by Gasteiger charge is -2.37. The Bertz CT molecular complexity index is 1260. The van der Waals surface area contributed by atoms with Gasteiger partial charge in [-0.15, -0.1) is 0 Å². The standard InChI is InChI=1S/C28H33N5O4/c1-19(2)25-30-27(37-31-25)33-11-9-28(10-12-33)18-22-17-21(5-8-24(22)36-28)20-3-6-23(7-4-20)29-26(34)32-13-15-35-16-14-32/h3-8,17,19H,9-16,18H2,1-2H3,(H,29,34). The third-order valence-corrected chi connectivity index (χ3v) is 7.56. The molecular weight excluding hydrogens is 470 g/mol. The topological polar surface area (TPSA) is 93.0 Å². The molecule has 3 aliphatic rings. The van der Waals surface area contributed by atoms with Gasteiger partial charge >= 0.3 is 12.0 Å². The number of amides is 2. The molecule has 1 aromatic heterocycles. The van der Waals surface area contributed by atoms with Crippen molar-refractivity contribution in [2.45, 2.75) is 44.6 Å². The highest BCUT2D eigenvalue weighted by molar-refractivity contribution is 5.89. The van der Waals surface area contributed by atoms with Gasteiger partial charge in [0, 0.05) is 57.0 Å². The molecule has 194 valence electrons. The van der Waals surface area contributed by atoms with Crippen molar-refractivity contribution in [2.24, 2.45) is 0 Å². The number of anilines is 2. The van der Waals surface area contributed by atoms with Gasteiger partial charge in [-0.3, -0.25) is 0 Å². The van der Waals surface area contributed by atoms with Crippen molar-refractivity contribution in [1.82, 2.24) is 15.0 Å². The number of hydrogen-bond acceptors (Lipinski definition) is 7. The Morgan fingerprint density at radius 2 is 1.73 bits per heavy atom. The average molecular weight is 504 g/mol. The molecule has 0 radical (unpaired) electrons. The van der Waals surface area contributed by atoms with Gasteiger partial charge in [-0.05, 0) is 41.0 Å². The SMILES string of the molecule is CC(C)c1noc(N2CCC3(CC2)Cc2cc(-c4ccc(NC(=O)N5CCOCC5)cc4)ccc2O3)n1. The average Bonchev–Trinajstić information content (AvgIpc) is 3.55. The number of piperidine rings is 1. The van der Waals surface area contributed by atoms with Gasteiger partial charge in [0.2, 0.25) is 0 Å². The highest BCUT2D eigenvalue weighted by atomic mass is 16.5. The zero-order valence-corrected chi connectivity index (χ0v) is 21.4. The summed E-state index contributed by atoms with van der Waals surface area (Å²) in [5.74, 6) is 1.98. The third-order valence-electron chi connectivity index (χ3n) is 7.56. The van der Waals surface area contributed by atoms with Crippen molar-refractivity contribution in [1.29, 1.82) is 0 Å². The summed E-state index contributed by atoms with van der Waals surface area (Å²) < 4.78 is 17.3. The molecule has 2 amide bonds. The molecule has 4 heterocycles. The first kappa shape index (κ1) is 23.8. The normalized spacial score (nSPS) is 18.7.